The fourth-order valence-electron chi connectivity index (χ4n) is 2.08. The molecule has 1 aliphatic rings. The van der Waals surface area contributed by atoms with Crippen molar-refractivity contribution >= 4 is 17.4 Å². The molecule has 1 unspecified atom stereocenters. The fraction of sp³-hybridized carbons (Fsp3) is 0.600. The molecule has 1 fully saturated rings. The van der Waals surface area contributed by atoms with Crippen molar-refractivity contribution in [1.82, 2.24) is 9.97 Å². The fourth-order valence-corrected chi connectivity index (χ4v) is 2.21. The van der Waals surface area contributed by atoms with Gasteiger partial charge in [-0.3, -0.25) is 0 Å². The maximum atomic E-state index is 13.5. The van der Waals surface area contributed by atoms with E-state index in [1.807, 2.05) is 4.90 Å². The highest BCUT2D eigenvalue weighted by molar-refractivity contribution is 6.28. The third-order valence-corrected chi connectivity index (χ3v) is 3.00. The predicted octanol–water partition coefficient (Wildman–Crippen LogP) is 2.65. The van der Waals surface area contributed by atoms with Gasteiger partial charge in [-0.15, -0.1) is 0 Å². The Labute approximate surface area is 93.3 Å². The second-order valence-electron chi connectivity index (χ2n) is 3.71. The lowest BCUT2D eigenvalue weighted by Crippen LogP contribution is -2.30. The second kappa shape index (κ2) is 4.31. The van der Waals surface area contributed by atoms with E-state index in [1.165, 1.54) is 0 Å². The molecule has 3 nitrogen and oxygen atoms in total. The van der Waals surface area contributed by atoms with Gasteiger partial charge in [-0.2, -0.15) is 4.98 Å². The number of rotatable bonds is 2. The highest BCUT2D eigenvalue weighted by Gasteiger charge is 2.26. The van der Waals surface area contributed by atoms with Crippen molar-refractivity contribution < 1.29 is 4.39 Å². The lowest BCUT2D eigenvalue weighted by Gasteiger charge is -2.24. The molecule has 0 bridgehead atoms. The van der Waals surface area contributed by atoms with Crippen molar-refractivity contribution in [1.29, 1.82) is 0 Å². The molecule has 0 N–H and O–H groups in total. The van der Waals surface area contributed by atoms with Crippen LogP contribution in [0.1, 0.15) is 26.2 Å². The van der Waals surface area contributed by atoms with Crippen LogP contribution in [0.4, 0.5) is 10.2 Å². The van der Waals surface area contributed by atoms with Gasteiger partial charge < -0.3 is 4.90 Å². The Bertz CT molecular complexity index is 359. The van der Waals surface area contributed by atoms with Crippen LogP contribution in [0, 0.1) is 5.82 Å². The molecule has 0 radical (unpaired) electrons. The Morgan fingerprint density at radius 2 is 2.47 bits per heavy atom. The summed E-state index contributed by atoms with van der Waals surface area (Å²) in [6.07, 6.45) is 4.31. The molecule has 2 heterocycles. The first-order valence-electron chi connectivity index (χ1n) is 5.17. The molecule has 1 atom stereocenters. The van der Waals surface area contributed by atoms with E-state index in [2.05, 4.69) is 16.9 Å². The van der Waals surface area contributed by atoms with E-state index < -0.39 is 0 Å². The Morgan fingerprint density at radius 3 is 3.20 bits per heavy atom. The molecule has 0 saturated carbocycles. The van der Waals surface area contributed by atoms with Crippen molar-refractivity contribution in [2.24, 2.45) is 0 Å². The third kappa shape index (κ3) is 2.04. The topological polar surface area (TPSA) is 29.0 Å². The van der Waals surface area contributed by atoms with Crippen LogP contribution < -0.4 is 4.90 Å². The average Bonchev–Trinajstić information content (AvgIpc) is 2.69. The van der Waals surface area contributed by atoms with Gasteiger partial charge in [0, 0.05) is 12.6 Å². The van der Waals surface area contributed by atoms with Crippen LogP contribution >= 0.6 is 11.6 Å². The van der Waals surface area contributed by atoms with Gasteiger partial charge in [0.05, 0.1) is 6.20 Å². The molecule has 0 amide bonds. The molecule has 1 saturated heterocycles. The number of halogens is 2. The summed E-state index contributed by atoms with van der Waals surface area (Å²) in [5.41, 5.74) is 0. The molecule has 0 aliphatic carbocycles. The van der Waals surface area contributed by atoms with Crippen LogP contribution in [0.15, 0.2) is 6.20 Å². The molecule has 1 aromatic rings. The van der Waals surface area contributed by atoms with E-state index in [-0.39, 0.29) is 11.1 Å². The molecular formula is C10H13ClFN3. The highest BCUT2D eigenvalue weighted by Crippen LogP contribution is 2.27. The zero-order chi connectivity index (χ0) is 10.8. The summed E-state index contributed by atoms with van der Waals surface area (Å²) in [4.78, 5) is 9.56. The number of hydrogen-bond acceptors (Lipinski definition) is 3. The maximum absolute atomic E-state index is 13.5. The minimum atomic E-state index is -0.389. The minimum absolute atomic E-state index is 0.105. The van der Waals surface area contributed by atoms with Gasteiger partial charge in [0.2, 0.25) is 5.28 Å². The van der Waals surface area contributed by atoms with Gasteiger partial charge in [0.15, 0.2) is 11.6 Å². The summed E-state index contributed by atoms with van der Waals surface area (Å²) in [6, 6.07) is 0.380. The van der Waals surface area contributed by atoms with Crippen LogP contribution in [0.2, 0.25) is 5.28 Å². The van der Waals surface area contributed by atoms with Crippen LogP contribution in [0.25, 0.3) is 0 Å². The normalized spacial score (nSPS) is 21.0. The van der Waals surface area contributed by atoms with Crippen molar-refractivity contribution in [3.63, 3.8) is 0 Å². The molecule has 1 aromatic heterocycles. The first kappa shape index (κ1) is 10.6. The molecule has 15 heavy (non-hydrogen) atoms. The van der Waals surface area contributed by atoms with Crippen molar-refractivity contribution in [2.45, 2.75) is 32.2 Å². The SMILES string of the molecule is CCC1CCCN1c1nc(Cl)ncc1F. The molecular weight excluding hydrogens is 217 g/mol. The van der Waals surface area contributed by atoms with Crippen LogP contribution in [0.3, 0.4) is 0 Å². The van der Waals surface area contributed by atoms with E-state index in [9.17, 15) is 4.39 Å². The minimum Gasteiger partial charge on any atom is -0.351 e. The van der Waals surface area contributed by atoms with Gasteiger partial charge >= 0.3 is 0 Å². The van der Waals surface area contributed by atoms with Crippen molar-refractivity contribution in [2.75, 3.05) is 11.4 Å². The average molecular weight is 230 g/mol. The molecule has 0 aromatic carbocycles. The number of aromatic nitrogens is 2. The second-order valence-corrected chi connectivity index (χ2v) is 4.05. The molecule has 0 spiro atoms. The molecule has 1 aliphatic heterocycles. The van der Waals surface area contributed by atoms with Crippen molar-refractivity contribution in [3.8, 4) is 0 Å². The summed E-state index contributed by atoms with van der Waals surface area (Å²) in [5, 5.41) is 0.105. The van der Waals surface area contributed by atoms with E-state index in [0.29, 0.717) is 11.9 Å². The zero-order valence-corrected chi connectivity index (χ0v) is 9.34. The standard InChI is InChI=1S/C10H13ClFN3/c1-2-7-4-3-5-15(7)9-8(12)6-13-10(11)14-9/h6-7H,2-5H2,1H3. The summed E-state index contributed by atoms with van der Waals surface area (Å²) in [6.45, 7) is 2.95. The third-order valence-electron chi connectivity index (χ3n) is 2.82. The highest BCUT2D eigenvalue weighted by atomic mass is 35.5. The molecule has 5 heteroatoms. The predicted molar refractivity (Wildman–Crippen MR) is 57.7 cm³/mol. The Kier molecular flexibility index (Phi) is 3.05. The first-order valence-corrected chi connectivity index (χ1v) is 5.55. The van der Waals surface area contributed by atoms with Gasteiger partial charge in [-0.1, -0.05) is 6.92 Å². The Hall–Kier alpha value is -0.900. The van der Waals surface area contributed by atoms with E-state index in [4.69, 9.17) is 11.6 Å². The number of nitrogens with zero attached hydrogens (tertiary/aromatic N) is 3. The quantitative estimate of drug-likeness (QED) is 0.730. The summed E-state index contributed by atoms with van der Waals surface area (Å²) < 4.78 is 13.5. The van der Waals surface area contributed by atoms with Gasteiger partial charge in [-0.25, -0.2) is 9.37 Å². The molecule has 82 valence electrons. The lowest BCUT2D eigenvalue weighted by molar-refractivity contribution is 0.582. The van der Waals surface area contributed by atoms with Crippen molar-refractivity contribution in [3.05, 3.63) is 17.3 Å². The monoisotopic (exact) mass is 229 g/mol. The van der Waals surface area contributed by atoms with Gasteiger partial charge in [0.25, 0.3) is 0 Å². The summed E-state index contributed by atoms with van der Waals surface area (Å²) >= 11 is 5.67. The van der Waals surface area contributed by atoms with E-state index in [0.717, 1.165) is 32.0 Å². The maximum Gasteiger partial charge on any atom is 0.224 e. The van der Waals surface area contributed by atoms with Crippen LogP contribution in [0.5, 0.6) is 0 Å². The number of hydrogen-bond donors (Lipinski definition) is 0. The largest absolute Gasteiger partial charge is 0.351 e. The van der Waals surface area contributed by atoms with E-state index >= 15 is 0 Å². The lowest BCUT2D eigenvalue weighted by atomic mass is 10.2. The zero-order valence-electron chi connectivity index (χ0n) is 8.58. The smallest absolute Gasteiger partial charge is 0.224 e. The Balaban J connectivity index is 2.31. The first-order chi connectivity index (χ1) is 7.22. The Morgan fingerprint density at radius 1 is 1.67 bits per heavy atom. The summed E-state index contributed by atoms with van der Waals surface area (Å²) in [5.74, 6) is -0.0425. The summed E-state index contributed by atoms with van der Waals surface area (Å²) in [7, 11) is 0. The van der Waals surface area contributed by atoms with E-state index in [1.54, 1.807) is 0 Å². The van der Waals surface area contributed by atoms with Gasteiger partial charge in [0.1, 0.15) is 0 Å². The number of anilines is 1. The molecule has 2 rings (SSSR count). The van der Waals surface area contributed by atoms with Gasteiger partial charge in [-0.05, 0) is 30.9 Å². The van der Waals surface area contributed by atoms with Crippen LogP contribution in [-0.4, -0.2) is 22.6 Å². The van der Waals surface area contributed by atoms with Crippen LogP contribution in [-0.2, 0) is 0 Å².